The molecular formula is C20H26N6O4S. The molecule has 1 saturated carbocycles. The molecule has 2 N–H and O–H groups in total. The quantitative estimate of drug-likeness (QED) is 0.722. The van der Waals surface area contributed by atoms with E-state index in [4.69, 9.17) is 4.42 Å². The number of aromatic nitrogens is 3. The van der Waals surface area contributed by atoms with Gasteiger partial charge in [0.1, 0.15) is 10.9 Å². The van der Waals surface area contributed by atoms with Crippen LogP contribution in [0.15, 0.2) is 4.42 Å². The molecule has 2 aromatic rings. The van der Waals surface area contributed by atoms with Crippen molar-refractivity contribution in [3.63, 3.8) is 0 Å². The van der Waals surface area contributed by atoms with E-state index in [9.17, 15) is 14.4 Å². The molecule has 0 bridgehead atoms. The van der Waals surface area contributed by atoms with Crippen molar-refractivity contribution >= 4 is 34.3 Å². The van der Waals surface area contributed by atoms with Crippen LogP contribution in [-0.4, -0.2) is 50.0 Å². The van der Waals surface area contributed by atoms with Gasteiger partial charge in [-0.15, -0.1) is 10.2 Å². The Morgan fingerprint density at radius 3 is 2.65 bits per heavy atom. The van der Waals surface area contributed by atoms with Gasteiger partial charge >= 0.3 is 6.03 Å². The third-order valence-electron chi connectivity index (χ3n) is 5.77. The van der Waals surface area contributed by atoms with Crippen LogP contribution in [0.2, 0.25) is 0 Å². The molecule has 10 nitrogen and oxygen atoms in total. The summed E-state index contributed by atoms with van der Waals surface area (Å²) in [5.41, 5.74) is 0.641. The molecule has 0 aromatic carbocycles. The van der Waals surface area contributed by atoms with E-state index in [-0.39, 0.29) is 23.8 Å². The number of nitrogens with zero attached hydrogens (tertiary/aromatic N) is 4. The molecule has 2 unspecified atom stereocenters. The summed E-state index contributed by atoms with van der Waals surface area (Å²) in [5.74, 6) is -0.482. The highest BCUT2D eigenvalue weighted by atomic mass is 32.1. The Labute approximate surface area is 183 Å². The number of imide groups is 1. The number of urea groups is 1. The second-order valence-electron chi connectivity index (χ2n) is 8.39. The highest BCUT2D eigenvalue weighted by molar-refractivity contribution is 7.19. The Morgan fingerprint density at radius 1 is 1.23 bits per heavy atom. The summed E-state index contributed by atoms with van der Waals surface area (Å²) in [4.78, 5) is 45.3. The molecule has 4 rings (SSSR count). The number of anilines is 1. The van der Waals surface area contributed by atoms with Crippen LogP contribution >= 0.6 is 11.3 Å². The average molecular weight is 447 g/mol. The van der Waals surface area contributed by atoms with Gasteiger partial charge < -0.3 is 15.1 Å². The molecular weight excluding hydrogens is 420 g/mol. The van der Waals surface area contributed by atoms with Crippen molar-refractivity contribution in [2.24, 2.45) is 11.8 Å². The van der Waals surface area contributed by atoms with Gasteiger partial charge in [-0.3, -0.25) is 14.5 Å². The number of hydrogen-bond acceptors (Lipinski definition) is 8. The predicted molar refractivity (Wildman–Crippen MR) is 113 cm³/mol. The van der Waals surface area contributed by atoms with Crippen LogP contribution in [0.3, 0.4) is 0 Å². The normalized spacial score (nSPS) is 22.3. The summed E-state index contributed by atoms with van der Waals surface area (Å²) in [7, 11) is 0. The second kappa shape index (κ2) is 8.37. The van der Waals surface area contributed by atoms with Crippen LogP contribution < -0.4 is 10.6 Å². The number of aryl methyl sites for hydroxylation is 2. The zero-order valence-electron chi connectivity index (χ0n) is 18.0. The Bertz CT molecular complexity index is 1020. The Balaban J connectivity index is 1.56. The first-order valence-corrected chi connectivity index (χ1v) is 11.3. The summed E-state index contributed by atoms with van der Waals surface area (Å²) in [5, 5.41) is 13.9. The van der Waals surface area contributed by atoms with Crippen molar-refractivity contribution in [2.75, 3.05) is 5.32 Å². The minimum atomic E-state index is -0.936. The number of carbonyl (C=O) groups is 3. The van der Waals surface area contributed by atoms with Crippen molar-refractivity contribution < 1.29 is 18.8 Å². The van der Waals surface area contributed by atoms with Crippen LogP contribution in [0, 0.1) is 25.7 Å². The monoisotopic (exact) mass is 446 g/mol. The highest BCUT2D eigenvalue weighted by Gasteiger charge is 2.47. The van der Waals surface area contributed by atoms with Gasteiger partial charge in [-0.2, -0.15) is 0 Å². The maximum Gasteiger partial charge on any atom is 0.325 e. The fourth-order valence-electron chi connectivity index (χ4n) is 4.30. The SMILES string of the molecule is Cc1nnc(-c2sc(NC(=O)[C@H](C(C)C)N3C(=O)NC4CCCCC4C3=O)nc2C)o1. The smallest absolute Gasteiger partial charge is 0.325 e. The van der Waals surface area contributed by atoms with E-state index in [1.165, 1.54) is 11.3 Å². The van der Waals surface area contributed by atoms with Crippen LogP contribution in [0.4, 0.5) is 9.93 Å². The Hall–Kier alpha value is -2.82. The summed E-state index contributed by atoms with van der Waals surface area (Å²) >= 11 is 1.21. The highest BCUT2D eigenvalue weighted by Crippen LogP contribution is 2.34. The number of amides is 4. The summed E-state index contributed by atoms with van der Waals surface area (Å²) < 4.78 is 5.46. The van der Waals surface area contributed by atoms with Gasteiger partial charge in [0.2, 0.25) is 17.7 Å². The number of thiazole rings is 1. The minimum absolute atomic E-state index is 0.136. The Morgan fingerprint density at radius 2 is 1.97 bits per heavy atom. The zero-order chi connectivity index (χ0) is 22.3. The molecule has 2 aromatic heterocycles. The summed E-state index contributed by atoms with van der Waals surface area (Å²) in [6, 6.07) is -1.57. The van der Waals surface area contributed by atoms with Crippen molar-refractivity contribution in [1.82, 2.24) is 25.4 Å². The molecule has 1 aliphatic carbocycles. The zero-order valence-corrected chi connectivity index (χ0v) is 18.8. The molecule has 4 amide bonds. The van der Waals surface area contributed by atoms with Crippen LogP contribution in [-0.2, 0) is 9.59 Å². The van der Waals surface area contributed by atoms with Crippen molar-refractivity contribution in [3.05, 3.63) is 11.6 Å². The van der Waals surface area contributed by atoms with E-state index in [0.29, 0.717) is 27.5 Å². The first-order chi connectivity index (χ1) is 14.8. The van der Waals surface area contributed by atoms with E-state index in [1.54, 1.807) is 13.8 Å². The first kappa shape index (κ1) is 21.4. The molecule has 2 aliphatic rings. The van der Waals surface area contributed by atoms with Gasteiger partial charge in [0.05, 0.1) is 11.6 Å². The number of fused-ring (bicyclic) bond motifs is 1. The molecule has 166 valence electrons. The lowest BCUT2D eigenvalue weighted by Crippen LogP contribution is -2.66. The minimum Gasteiger partial charge on any atom is -0.420 e. The van der Waals surface area contributed by atoms with Crippen molar-refractivity contribution in [1.29, 1.82) is 0 Å². The molecule has 2 fully saturated rings. The van der Waals surface area contributed by atoms with Crippen LogP contribution in [0.5, 0.6) is 0 Å². The van der Waals surface area contributed by atoms with Gasteiger partial charge in [0, 0.05) is 13.0 Å². The predicted octanol–water partition coefficient (Wildman–Crippen LogP) is 2.88. The standard InChI is InChI=1S/C20H26N6O4S/c1-9(2)14(26-18(28)12-7-5-6-8-13(12)22-20(26)29)16(27)23-19-21-10(3)15(31-19)17-25-24-11(4)30-17/h9,12-14H,5-8H2,1-4H3,(H,22,29)(H,21,23,27)/t12?,13?,14-/m0/s1. The molecule has 31 heavy (non-hydrogen) atoms. The second-order valence-corrected chi connectivity index (χ2v) is 9.39. The largest absolute Gasteiger partial charge is 0.420 e. The lowest BCUT2D eigenvalue weighted by Gasteiger charge is -2.43. The van der Waals surface area contributed by atoms with Gasteiger partial charge in [0.25, 0.3) is 5.89 Å². The molecule has 3 atom stereocenters. The number of carbonyl (C=O) groups excluding carboxylic acids is 3. The fourth-order valence-corrected chi connectivity index (χ4v) is 5.19. The van der Waals surface area contributed by atoms with E-state index in [0.717, 1.165) is 30.6 Å². The Kier molecular flexibility index (Phi) is 5.78. The van der Waals surface area contributed by atoms with Gasteiger partial charge in [0.15, 0.2) is 5.13 Å². The third kappa shape index (κ3) is 4.06. The van der Waals surface area contributed by atoms with Crippen LogP contribution in [0.1, 0.15) is 51.1 Å². The van der Waals surface area contributed by atoms with E-state index >= 15 is 0 Å². The van der Waals surface area contributed by atoms with E-state index < -0.39 is 18.0 Å². The van der Waals surface area contributed by atoms with E-state index in [1.807, 2.05) is 13.8 Å². The van der Waals surface area contributed by atoms with Crippen LogP contribution in [0.25, 0.3) is 10.8 Å². The first-order valence-electron chi connectivity index (χ1n) is 10.5. The molecule has 0 radical (unpaired) electrons. The molecule has 0 spiro atoms. The lowest BCUT2D eigenvalue weighted by molar-refractivity contribution is -0.143. The maximum atomic E-state index is 13.2. The fraction of sp³-hybridized carbons (Fsp3) is 0.600. The molecule has 1 saturated heterocycles. The number of nitrogens with one attached hydrogen (secondary N) is 2. The third-order valence-corrected chi connectivity index (χ3v) is 6.83. The number of rotatable bonds is 5. The maximum absolute atomic E-state index is 13.2. The van der Waals surface area contributed by atoms with Gasteiger partial charge in [-0.1, -0.05) is 38.0 Å². The molecule has 11 heteroatoms. The lowest BCUT2D eigenvalue weighted by atomic mass is 9.81. The van der Waals surface area contributed by atoms with Gasteiger partial charge in [-0.05, 0) is 25.7 Å². The molecule has 3 heterocycles. The van der Waals surface area contributed by atoms with E-state index in [2.05, 4.69) is 25.8 Å². The van der Waals surface area contributed by atoms with Crippen molar-refractivity contribution in [2.45, 2.75) is 65.5 Å². The average Bonchev–Trinajstić information content (AvgIpc) is 3.29. The van der Waals surface area contributed by atoms with Crippen molar-refractivity contribution in [3.8, 4) is 10.8 Å². The number of hydrogen-bond donors (Lipinski definition) is 2. The summed E-state index contributed by atoms with van der Waals surface area (Å²) in [6.45, 7) is 7.11. The van der Waals surface area contributed by atoms with Gasteiger partial charge in [-0.25, -0.2) is 9.78 Å². The topological polar surface area (TPSA) is 130 Å². The molecule has 1 aliphatic heterocycles. The summed E-state index contributed by atoms with van der Waals surface area (Å²) in [6.07, 6.45) is 3.47.